The van der Waals surface area contributed by atoms with Gasteiger partial charge in [-0.2, -0.15) is 0 Å². The maximum Gasteiger partial charge on any atom is 0.303 e. The molecule has 3 heterocycles. The van der Waals surface area contributed by atoms with E-state index in [-0.39, 0.29) is 12.5 Å². The van der Waals surface area contributed by atoms with Crippen molar-refractivity contribution < 1.29 is 57.1 Å². The predicted octanol–water partition coefficient (Wildman–Crippen LogP) is 1.76. The van der Waals surface area contributed by atoms with Crippen molar-refractivity contribution in [3.05, 3.63) is 28.7 Å². The highest BCUT2D eigenvalue weighted by molar-refractivity contribution is 8.19. The normalized spacial score (nSPS) is 27.9. The SMILES string of the molecule is CC(=O)OC[C@H]1O[C@@H](SC2NC(=O)/C(=C/c3ccc4c(c3)OCCO4)S2)[C@H](OC(C)=O)[C@@H](OC(C)=O)[C@H]1OC(C)=O. The van der Waals surface area contributed by atoms with Gasteiger partial charge in [0.1, 0.15) is 36.1 Å². The molecule has 13 nitrogen and oxygen atoms in total. The Kier molecular flexibility index (Phi) is 10.0. The number of hydrogen-bond donors (Lipinski definition) is 1. The fourth-order valence-electron chi connectivity index (χ4n) is 4.26. The molecule has 1 aromatic rings. The molecule has 0 aromatic heterocycles. The number of thioether (sulfide) groups is 2. The molecule has 1 unspecified atom stereocenters. The van der Waals surface area contributed by atoms with Crippen LogP contribution in [0.5, 0.6) is 11.5 Å². The van der Waals surface area contributed by atoms with Gasteiger partial charge in [0.05, 0.1) is 4.91 Å². The number of carbonyl (C=O) groups excluding carboxylic acids is 5. The molecule has 1 N–H and O–H groups in total. The van der Waals surface area contributed by atoms with Crippen molar-refractivity contribution in [1.29, 1.82) is 0 Å². The third-order valence-electron chi connectivity index (χ3n) is 5.78. The molecule has 4 rings (SSSR count). The van der Waals surface area contributed by atoms with E-state index in [2.05, 4.69) is 5.32 Å². The number of rotatable bonds is 8. The van der Waals surface area contributed by atoms with Crippen LogP contribution in [0, 0.1) is 0 Å². The lowest BCUT2D eigenvalue weighted by Crippen LogP contribution is -2.61. The van der Waals surface area contributed by atoms with Crippen molar-refractivity contribution in [2.24, 2.45) is 0 Å². The highest BCUT2D eigenvalue weighted by atomic mass is 32.2. The average molecular weight is 612 g/mol. The van der Waals surface area contributed by atoms with Crippen LogP contribution in [0.2, 0.25) is 0 Å². The number of carbonyl (C=O) groups is 5. The van der Waals surface area contributed by atoms with E-state index in [1.54, 1.807) is 24.3 Å². The summed E-state index contributed by atoms with van der Waals surface area (Å²) >= 11 is 2.29. The zero-order chi connectivity index (χ0) is 29.7. The van der Waals surface area contributed by atoms with E-state index in [1.807, 2.05) is 0 Å². The van der Waals surface area contributed by atoms with Crippen LogP contribution in [0.3, 0.4) is 0 Å². The fourth-order valence-corrected chi connectivity index (χ4v) is 6.88. The zero-order valence-electron chi connectivity index (χ0n) is 22.6. The number of fused-ring (bicyclic) bond motifs is 1. The lowest BCUT2D eigenvalue weighted by Gasteiger charge is -2.44. The van der Waals surface area contributed by atoms with E-state index in [0.29, 0.717) is 29.6 Å². The first-order chi connectivity index (χ1) is 19.5. The number of ether oxygens (including phenoxy) is 7. The molecule has 6 atom stereocenters. The van der Waals surface area contributed by atoms with Gasteiger partial charge in [0, 0.05) is 27.7 Å². The summed E-state index contributed by atoms with van der Waals surface area (Å²) in [4.78, 5) is 60.7. The molecule has 0 spiro atoms. The van der Waals surface area contributed by atoms with Crippen LogP contribution in [0.25, 0.3) is 6.08 Å². The van der Waals surface area contributed by atoms with Crippen molar-refractivity contribution in [1.82, 2.24) is 5.32 Å². The molecular formula is C26H29NO12S2. The van der Waals surface area contributed by atoms with Gasteiger partial charge < -0.3 is 38.5 Å². The Balaban J connectivity index is 1.57. The second-order valence-corrected chi connectivity index (χ2v) is 11.7. The van der Waals surface area contributed by atoms with E-state index in [0.717, 1.165) is 31.2 Å². The predicted molar refractivity (Wildman–Crippen MR) is 144 cm³/mol. The highest BCUT2D eigenvalue weighted by Gasteiger charge is 2.53. The summed E-state index contributed by atoms with van der Waals surface area (Å²) in [6.45, 7) is 5.21. The number of amides is 1. The number of hydrogen-bond acceptors (Lipinski definition) is 14. The Morgan fingerprint density at radius 1 is 0.927 bits per heavy atom. The first kappa shape index (κ1) is 30.5. The number of benzene rings is 1. The first-order valence-corrected chi connectivity index (χ1v) is 14.4. The van der Waals surface area contributed by atoms with Crippen LogP contribution in [-0.2, 0) is 47.7 Å². The Morgan fingerprint density at radius 3 is 2.22 bits per heavy atom. The standard InChI is InChI=1S/C26H29NO12S2/c1-12(28)35-11-19-21(36-13(2)29)22(37-14(3)30)23(38-15(4)31)25(39-19)41-26-27-24(32)20(40-26)10-16-5-6-17-18(9-16)34-8-7-33-17/h5-6,9-10,19,21-23,25-26H,7-8,11H2,1-4H3,(H,27,32)/b20-10-/t19-,21+,22+,23-,25+,26?/m1/s1. The summed E-state index contributed by atoms with van der Waals surface area (Å²) in [5.41, 5.74) is -0.299. The molecule has 0 bridgehead atoms. The molecule has 2 saturated heterocycles. The van der Waals surface area contributed by atoms with Crippen LogP contribution in [0.1, 0.15) is 33.3 Å². The molecule has 0 radical (unpaired) electrons. The zero-order valence-corrected chi connectivity index (χ0v) is 24.2. The lowest BCUT2D eigenvalue weighted by molar-refractivity contribution is -0.237. The van der Waals surface area contributed by atoms with Gasteiger partial charge in [-0.25, -0.2) is 0 Å². The highest BCUT2D eigenvalue weighted by Crippen LogP contribution is 2.43. The maximum atomic E-state index is 12.8. The van der Waals surface area contributed by atoms with Gasteiger partial charge in [-0.05, 0) is 23.8 Å². The third-order valence-corrected chi connectivity index (χ3v) is 8.30. The molecule has 41 heavy (non-hydrogen) atoms. The second kappa shape index (κ2) is 13.5. The quantitative estimate of drug-likeness (QED) is 0.257. The van der Waals surface area contributed by atoms with Crippen molar-refractivity contribution in [3.63, 3.8) is 0 Å². The van der Waals surface area contributed by atoms with E-state index < -0.39 is 58.4 Å². The van der Waals surface area contributed by atoms with E-state index in [4.69, 9.17) is 33.2 Å². The number of nitrogens with one attached hydrogen (secondary N) is 1. The van der Waals surface area contributed by atoms with Gasteiger partial charge in [0.15, 0.2) is 29.8 Å². The Labute approximate surface area is 243 Å². The average Bonchev–Trinajstić information content (AvgIpc) is 3.23. The third kappa shape index (κ3) is 8.07. The summed E-state index contributed by atoms with van der Waals surface area (Å²) in [6.07, 6.45) is -3.16. The summed E-state index contributed by atoms with van der Waals surface area (Å²) < 4.78 is 38.1. The van der Waals surface area contributed by atoms with Gasteiger partial charge in [-0.1, -0.05) is 29.6 Å². The Hall–Kier alpha value is -3.43. The minimum absolute atomic E-state index is 0.339. The first-order valence-electron chi connectivity index (χ1n) is 12.5. The second-order valence-electron chi connectivity index (χ2n) is 9.04. The van der Waals surface area contributed by atoms with Gasteiger partial charge in [-0.15, -0.1) is 0 Å². The summed E-state index contributed by atoms with van der Waals surface area (Å²) in [6, 6.07) is 5.34. The summed E-state index contributed by atoms with van der Waals surface area (Å²) in [5.74, 6) is -1.90. The molecule has 1 aromatic carbocycles. The van der Waals surface area contributed by atoms with E-state index in [1.165, 1.54) is 25.6 Å². The smallest absolute Gasteiger partial charge is 0.303 e. The molecule has 3 aliphatic heterocycles. The lowest BCUT2D eigenvalue weighted by atomic mass is 9.99. The molecule has 1 amide bonds. The van der Waals surface area contributed by atoms with Crippen molar-refractivity contribution in [2.75, 3.05) is 19.8 Å². The fraction of sp³-hybridized carbons (Fsp3) is 0.500. The van der Waals surface area contributed by atoms with Crippen LogP contribution in [0.15, 0.2) is 23.1 Å². The summed E-state index contributed by atoms with van der Waals surface area (Å²) in [5, 5.41) is 2.84. The van der Waals surface area contributed by atoms with Gasteiger partial charge in [0.2, 0.25) is 0 Å². The molecular weight excluding hydrogens is 582 g/mol. The topological polar surface area (TPSA) is 162 Å². The van der Waals surface area contributed by atoms with Crippen LogP contribution in [0.4, 0.5) is 0 Å². The Bertz CT molecular complexity index is 1240. The van der Waals surface area contributed by atoms with Crippen molar-refractivity contribution in [2.45, 2.75) is 62.3 Å². The molecule has 222 valence electrons. The molecule has 15 heteroatoms. The van der Waals surface area contributed by atoms with Gasteiger partial charge >= 0.3 is 23.9 Å². The molecule has 3 aliphatic rings. The minimum atomic E-state index is -1.29. The monoisotopic (exact) mass is 611 g/mol. The van der Waals surface area contributed by atoms with Crippen molar-refractivity contribution >= 4 is 59.4 Å². The van der Waals surface area contributed by atoms with Gasteiger partial charge in [-0.3, -0.25) is 24.0 Å². The number of esters is 4. The van der Waals surface area contributed by atoms with E-state index >= 15 is 0 Å². The van der Waals surface area contributed by atoms with Crippen LogP contribution >= 0.6 is 23.5 Å². The Morgan fingerprint density at radius 2 is 1.56 bits per heavy atom. The molecule has 2 fully saturated rings. The van der Waals surface area contributed by atoms with E-state index in [9.17, 15) is 24.0 Å². The van der Waals surface area contributed by atoms with Gasteiger partial charge in [0.25, 0.3) is 5.91 Å². The van der Waals surface area contributed by atoms with Crippen LogP contribution in [-0.4, -0.2) is 84.2 Å². The molecule has 0 aliphatic carbocycles. The molecule has 0 saturated carbocycles. The minimum Gasteiger partial charge on any atom is -0.486 e. The van der Waals surface area contributed by atoms with Crippen molar-refractivity contribution in [3.8, 4) is 11.5 Å². The largest absolute Gasteiger partial charge is 0.486 e. The summed E-state index contributed by atoms with van der Waals surface area (Å²) in [7, 11) is 0. The maximum absolute atomic E-state index is 12.8. The van der Waals surface area contributed by atoms with Crippen LogP contribution < -0.4 is 14.8 Å².